The van der Waals surface area contributed by atoms with Crippen molar-refractivity contribution in [1.29, 1.82) is 0 Å². The molecule has 0 saturated carbocycles. The summed E-state index contributed by atoms with van der Waals surface area (Å²) >= 11 is 0. The van der Waals surface area contributed by atoms with Gasteiger partial charge in [-0.05, 0) is 31.5 Å². The minimum Gasteiger partial charge on any atom is -0.493 e. The molecule has 2 rings (SSSR count). The second-order valence-electron chi connectivity index (χ2n) is 6.43. The van der Waals surface area contributed by atoms with Gasteiger partial charge in [-0.3, -0.25) is 0 Å². The number of allylic oxidation sites excluding steroid dienone is 2. The van der Waals surface area contributed by atoms with Gasteiger partial charge in [0.2, 0.25) is 5.75 Å². The number of carbonyl (C=O) groups excluding carboxylic acids is 2. The highest BCUT2D eigenvalue weighted by Gasteiger charge is 2.40. The molecule has 0 atom stereocenters. The lowest BCUT2D eigenvalue weighted by atomic mass is 9.79. The number of nitrogens with zero attached hydrogens (tertiary/aromatic N) is 1. The molecule has 29 heavy (non-hydrogen) atoms. The zero-order chi connectivity index (χ0) is 21.9. The lowest BCUT2D eigenvalue weighted by molar-refractivity contribution is -0.137. The van der Waals surface area contributed by atoms with Crippen molar-refractivity contribution in [2.24, 2.45) is 0 Å². The van der Waals surface area contributed by atoms with Gasteiger partial charge in [0.25, 0.3) is 0 Å². The summed E-state index contributed by atoms with van der Waals surface area (Å²) in [4.78, 5) is 27.2. The standard InChI is InChI=1S/C21H27NO7/c1-11-16(20(23)28-7)18(17(21(24)29-8)12(2)22(11)3)13-9-14(25-4)19(27-6)15(10-13)26-5/h9-10,18H,1-8H3. The minimum absolute atomic E-state index is 0.329. The third kappa shape index (κ3) is 3.74. The molecule has 0 amide bonds. The van der Waals surface area contributed by atoms with Crippen LogP contribution in [-0.4, -0.2) is 59.4 Å². The molecule has 8 nitrogen and oxygen atoms in total. The van der Waals surface area contributed by atoms with Gasteiger partial charge in [-0.15, -0.1) is 0 Å². The summed E-state index contributed by atoms with van der Waals surface area (Å²) in [5.41, 5.74) is 2.60. The molecule has 0 aromatic heterocycles. The highest BCUT2D eigenvalue weighted by Crippen LogP contribution is 2.47. The normalized spacial score (nSPS) is 14.7. The fraction of sp³-hybridized carbons (Fsp3) is 0.429. The second-order valence-corrected chi connectivity index (χ2v) is 6.43. The van der Waals surface area contributed by atoms with Gasteiger partial charge < -0.3 is 28.6 Å². The van der Waals surface area contributed by atoms with E-state index >= 15 is 0 Å². The lowest BCUT2D eigenvalue weighted by Crippen LogP contribution is -2.33. The Morgan fingerprint density at radius 3 is 1.52 bits per heavy atom. The first kappa shape index (κ1) is 22.1. The number of hydrogen-bond donors (Lipinski definition) is 0. The van der Waals surface area contributed by atoms with Crippen LogP contribution in [-0.2, 0) is 19.1 Å². The third-order valence-corrected chi connectivity index (χ3v) is 5.19. The van der Waals surface area contributed by atoms with Crippen molar-refractivity contribution < 1.29 is 33.3 Å². The summed E-state index contributed by atoms with van der Waals surface area (Å²) in [7, 11) is 8.89. The number of rotatable bonds is 6. The molecule has 1 aliphatic rings. The van der Waals surface area contributed by atoms with Crippen molar-refractivity contribution in [3.63, 3.8) is 0 Å². The van der Waals surface area contributed by atoms with Crippen LogP contribution in [0.1, 0.15) is 25.3 Å². The lowest BCUT2D eigenvalue weighted by Gasteiger charge is -2.35. The Bertz CT molecular complexity index is 820. The van der Waals surface area contributed by atoms with E-state index in [1.807, 2.05) is 0 Å². The molecule has 0 saturated heterocycles. The maximum atomic E-state index is 12.7. The zero-order valence-corrected chi connectivity index (χ0v) is 18.0. The summed E-state index contributed by atoms with van der Waals surface area (Å²) < 4.78 is 26.3. The number of hydrogen-bond acceptors (Lipinski definition) is 8. The van der Waals surface area contributed by atoms with Crippen LogP contribution in [0.4, 0.5) is 0 Å². The maximum absolute atomic E-state index is 12.7. The Labute approximate surface area is 170 Å². The Kier molecular flexibility index (Phi) is 6.79. The van der Waals surface area contributed by atoms with Gasteiger partial charge in [-0.25, -0.2) is 9.59 Å². The fourth-order valence-corrected chi connectivity index (χ4v) is 3.53. The van der Waals surface area contributed by atoms with E-state index in [9.17, 15) is 9.59 Å². The van der Waals surface area contributed by atoms with E-state index in [4.69, 9.17) is 23.7 Å². The van der Waals surface area contributed by atoms with Crippen molar-refractivity contribution in [2.75, 3.05) is 42.6 Å². The molecule has 0 spiro atoms. The van der Waals surface area contributed by atoms with E-state index in [0.717, 1.165) is 0 Å². The van der Waals surface area contributed by atoms with Gasteiger partial charge in [-0.2, -0.15) is 0 Å². The van der Waals surface area contributed by atoms with Gasteiger partial charge in [-0.1, -0.05) is 0 Å². The predicted molar refractivity (Wildman–Crippen MR) is 106 cm³/mol. The Morgan fingerprint density at radius 2 is 1.21 bits per heavy atom. The molecule has 0 bridgehead atoms. The number of carbonyl (C=O) groups is 2. The predicted octanol–water partition coefficient (Wildman–Crippen LogP) is 2.64. The monoisotopic (exact) mass is 405 g/mol. The SMILES string of the molecule is COC(=O)C1=C(C)N(C)C(C)=C(C(=O)OC)C1c1cc(OC)c(OC)c(OC)c1. The van der Waals surface area contributed by atoms with Gasteiger partial charge in [0, 0.05) is 18.4 Å². The molecule has 0 fully saturated rings. The first-order valence-corrected chi connectivity index (χ1v) is 8.89. The van der Waals surface area contributed by atoms with Gasteiger partial charge in [0.1, 0.15) is 0 Å². The van der Waals surface area contributed by atoms with E-state index in [1.165, 1.54) is 35.5 Å². The quantitative estimate of drug-likeness (QED) is 0.668. The van der Waals surface area contributed by atoms with Crippen LogP contribution in [0.3, 0.4) is 0 Å². The van der Waals surface area contributed by atoms with Crippen molar-refractivity contribution in [3.8, 4) is 17.2 Å². The third-order valence-electron chi connectivity index (χ3n) is 5.19. The molecule has 1 heterocycles. The molecule has 0 aliphatic carbocycles. The topological polar surface area (TPSA) is 83.5 Å². The molecule has 0 unspecified atom stereocenters. The molecule has 1 aliphatic heterocycles. The summed E-state index contributed by atoms with van der Waals surface area (Å²) in [5.74, 6) is -0.592. The van der Waals surface area contributed by atoms with E-state index in [2.05, 4.69) is 0 Å². The molecule has 0 radical (unpaired) electrons. The van der Waals surface area contributed by atoms with Crippen molar-refractivity contribution in [1.82, 2.24) is 4.90 Å². The van der Waals surface area contributed by atoms with E-state index in [-0.39, 0.29) is 0 Å². The van der Waals surface area contributed by atoms with Gasteiger partial charge in [0.15, 0.2) is 11.5 Å². The average Bonchev–Trinajstić information content (AvgIpc) is 2.74. The van der Waals surface area contributed by atoms with E-state index in [0.29, 0.717) is 45.4 Å². The molecule has 1 aromatic carbocycles. The van der Waals surface area contributed by atoms with Crippen molar-refractivity contribution >= 4 is 11.9 Å². The summed E-state index contributed by atoms with van der Waals surface area (Å²) in [6.07, 6.45) is 0. The minimum atomic E-state index is -0.736. The molecular weight excluding hydrogens is 378 g/mol. The Morgan fingerprint density at radius 1 is 0.793 bits per heavy atom. The van der Waals surface area contributed by atoms with E-state index in [1.54, 1.807) is 37.9 Å². The largest absolute Gasteiger partial charge is 0.493 e. The number of methoxy groups -OCH3 is 5. The zero-order valence-electron chi connectivity index (χ0n) is 18.0. The van der Waals surface area contributed by atoms with Crippen LogP contribution in [0.5, 0.6) is 17.2 Å². The molecule has 0 N–H and O–H groups in total. The maximum Gasteiger partial charge on any atom is 0.336 e. The number of ether oxygens (including phenoxy) is 5. The van der Waals surface area contributed by atoms with Crippen LogP contribution >= 0.6 is 0 Å². The van der Waals surface area contributed by atoms with Gasteiger partial charge in [0.05, 0.1) is 52.6 Å². The number of benzene rings is 1. The Balaban J connectivity index is 2.88. The highest BCUT2D eigenvalue weighted by atomic mass is 16.5. The summed E-state index contributed by atoms with van der Waals surface area (Å²) in [5, 5.41) is 0. The fourth-order valence-electron chi connectivity index (χ4n) is 3.53. The second kappa shape index (κ2) is 8.89. The van der Waals surface area contributed by atoms with Crippen LogP contribution < -0.4 is 14.2 Å². The first-order chi connectivity index (χ1) is 13.8. The average molecular weight is 405 g/mol. The highest BCUT2D eigenvalue weighted by molar-refractivity contribution is 5.99. The van der Waals surface area contributed by atoms with Crippen LogP contribution in [0.25, 0.3) is 0 Å². The number of esters is 2. The van der Waals surface area contributed by atoms with Crippen molar-refractivity contribution in [3.05, 3.63) is 40.2 Å². The first-order valence-electron chi connectivity index (χ1n) is 8.89. The summed E-state index contributed by atoms with van der Waals surface area (Å²) in [6.45, 7) is 3.60. The Hall–Kier alpha value is -3.16. The molecule has 158 valence electrons. The molecular formula is C21H27NO7. The molecule has 1 aromatic rings. The smallest absolute Gasteiger partial charge is 0.336 e. The van der Waals surface area contributed by atoms with E-state index < -0.39 is 17.9 Å². The van der Waals surface area contributed by atoms with Crippen molar-refractivity contribution in [2.45, 2.75) is 19.8 Å². The van der Waals surface area contributed by atoms with Gasteiger partial charge >= 0.3 is 11.9 Å². The van der Waals surface area contributed by atoms with Crippen LogP contribution in [0, 0.1) is 0 Å². The molecule has 8 heteroatoms. The van der Waals surface area contributed by atoms with Crippen LogP contribution in [0.2, 0.25) is 0 Å². The van der Waals surface area contributed by atoms with Crippen LogP contribution in [0.15, 0.2) is 34.7 Å². The summed E-state index contributed by atoms with van der Waals surface area (Å²) in [6, 6.07) is 3.42.